The van der Waals surface area contributed by atoms with Gasteiger partial charge in [0, 0.05) is 63.5 Å². The monoisotopic (exact) mass is 984 g/mol. The number of piperazine rings is 1. The summed E-state index contributed by atoms with van der Waals surface area (Å²) in [5.74, 6) is 1.07. The molecule has 3 aromatic carbocycles. The first-order valence-electron chi connectivity index (χ1n) is 24.9. The standard InChI is InChI=1S/C54H65ClN10O4S/c1-31(35-16-18-37(19-17-35)47-32(2)56-33(3)70-47)57-49(67)45-27-39(66)29-63(45)51(69)48(53(4,5)6)64-30-42(59-60-64)36-14-12-34(13-15-36)28-61-22-24-62(25-23-61)38-20-21-40-44(26-38)65-43-11-9-10-41(55)46(43)50(68)58-52(65)54(40,7)8/h9-11,16-21,26,30-31,34,36,39,45,48,66H,12-15,22-25,27-29H2,1-8H3,(H,57,67)/t31-,34?,36?,39+,45-,48+/m0/s1. The van der Waals surface area contributed by atoms with E-state index in [2.05, 4.69) is 84.1 Å². The third-order valence-corrected chi connectivity index (χ3v) is 16.9. The number of nitrogens with zero attached hydrogens (tertiary/aromatic N) is 9. The molecule has 0 unspecified atom stereocenters. The van der Waals surface area contributed by atoms with Crippen molar-refractivity contribution in [2.45, 2.75) is 123 Å². The number of β-amino-alcohol motifs (C(OH)–C–C–N with tert-alkyl or cyclic N) is 1. The molecule has 2 amide bonds. The molecule has 368 valence electrons. The number of hydrogen-bond donors (Lipinski definition) is 2. The van der Waals surface area contributed by atoms with Crippen molar-refractivity contribution in [2.75, 3.05) is 44.2 Å². The molecule has 0 bridgehead atoms. The van der Waals surface area contributed by atoms with E-state index in [0.29, 0.717) is 16.3 Å². The Kier molecular flexibility index (Phi) is 12.8. The number of aromatic nitrogens is 6. The highest BCUT2D eigenvalue weighted by molar-refractivity contribution is 7.15. The Bertz CT molecular complexity index is 3010. The van der Waals surface area contributed by atoms with Crippen LogP contribution in [0.2, 0.25) is 5.02 Å². The van der Waals surface area contributed by atoms with Gasteiger partial charge in [-0.25, -0.2) is 9.67 Å². The predicted octanol–water partition coefficient (Wildman–Crippen LogP) is 8.53. The minimum absolute atomic E-state index is 0.0815. The number of benzene rings is 3. The number of carbonyl (C=O) groups excluding carboxylic acids is 2. The van der Waals surface area contributed by atoms with E-state index < -0.39 is 29.0 Å². The quantitative estimate of drug-likeness (QED) is 0.137. The van der Waals surface area contributed by atoms with Crippen molar-refractivity contribution in [3.8, 4) is 16.1 Å². The normalized spacial score (nSPS) is 22.3. The molecule has 3 aliphatic heterocycles. The van der Waals surface area contributed by atoms with Crippen molar-refractivity contribution in [3.05, 3.63) is 116 Å². The highest BCUT2D eigenvalue weighted by Crippen LogP contribution is 2.45. The minimum atomic E-state index is -0.809. The summed E-state index contributed by atoms with van der Waals surface area (Å²) in [6.07, 6.45) is 5.54. The summed E-state index contributed by atoms with van der Waals surface area (Å²) in [5, 5.41) is 25.2. The van der Waals surface area contributed by atoms with Gasteiger partial charge in [-0.1, -0.05) is 74.0 Å². The number of amides is 2. The van der Waals surface area contributed by atoms with Crippen LogP contribution in [-0.2, 0) is 15.0 Å². The summed E-state index contributed by atoms with van der Waals surface area (Å²) >= 11 is 8.20. The lowest BCUT2D eigenvalue weighted by molar-refractivity contribution is -0.144. The van der Waals surface area contributed by atoms with Crippen LogP contribution in [0.15, 0.2) is 71.7 Å². The summed E-state index contributed by atoms with van der Waals surface area (Å²) in [4.78, 5) is 58.6. The van der Waals surface area contributed by atoms with Crippen LogP contribution in [-0.4, -0.2) is 108 Å². The largest absolute Gasteiger partial charge is 0.391 e. The van der Waals surface area contributed by atoms with Gasteiger partial charge in [0.05, 0.1) is 60.4 Å². The summed E-state index contributed by atoms with van der Waals surface area (Å²) in [6.45, 7) is 21.2. The van der Waals surface area contributed by atoms with Crippen LogP contribution in [0.1, 0.15) is 125 Å². The second kappa shape index (κ2) is 18.6. The van der Waals surface area contributed by atoms with Crippen molar-refractivity contribution < 1.29 is 14.7 Å². The maximum Gasteiger partial charge on any atom is 0.282 e. The molecule has 70 heavy (non-hydrogen) atoms. The molecule has 0 spiro atoms. The van der Waals surface area contributed by atoms with Crippen molar-refractivity contribution >= 4 is 51.3 Å². The highest BCUT2D eigenvalue weighted by atomic mass is 35.5. The maximum atomic E-state index is 14.6. The Morgan fingerprint density at radius 1 is 0.971 bits per heavy atom. The molecular weight excluding hydrogens is 920 g/mol. The van der Waals surface area contributed by atoms with Gasteiger partial charge in [-0.3, -0.25) is 23.9 Å². The average Bonchev–Trinajstić information content (AvgIpc) is 4.10. The number of fused-ring (bicyclic) bond motifs is 5. The molecule has 14 nitrogen and oxygen atoms in total. The molecule has 0 radical (unpaired) electrons. The SMILES string of the molecule is Cc1nc(C)c(-c2ccc([C@H](C)NC(=O)[C@@H]3C[C@@H](O)CN3C(=O)[C@@H](n3cc(C4CCC(CN5CCN(c6ccc7c(c6)-n6c(nc(=O)c8c(Cl)cccc86)C7(C)C)CC5)CC4)nn3)C(C)(C)C)cc2)s1. The third kappa shape index (κ3) is 8.96. The molecule has 6 aromatic rings. The number of aryl methyl sites for hydroxylation is 2. The Balaban J connectivity index is 0.741. The number of anilines is 1. The van der Waals surface area contributed by atoms with E-state index in [-0.39, 0.29) is 42.3 Å². The number of carbonyl (C=O) groups is 2. The lowest BCUT2D eigenvalue weighted by Gasteiger charge is -2.39. The lowest BCUT2D eigenvalue weighted by atomic mass is 9.80. The number of thiazole rings is 1. The molecule has 2 saturated heterocycles. The van der Waals surface area contributed by atoms with Crippen molar-refractivity contribution in [2.24, 2.45) is 11.3 Å². The number of aliphatic hydroxyl groups excluding tert-OH is 1. The van der Waals surface area contributed by atoms with Gasteiger partial charge < -0.3 is 20.2 Å². The molecule has 1 aliphatic carbocycles. The molecule has 3 aromatic heterocycles. The number of rotatable bonds is 10. The fourth-order valence-electron chi connectivity index (χ4n) is 11.7. The first kappa shape index (κ1) is 48.2. The highest BCUT2D eigenvalue weighted by Gasteiger charge is 2.46. The third-order valence-electron chi connectivity index (χ3n) is 15.5. The lowest BCUT2D eigenvalue weighted by Crippen LogP contribution is -2.50. The number of hydrogen-bond acceptors (Lipinski definition) is 11. The molecule has 1 saturated carbocycles. The molecule has 4 atom stereocenters. The number of likely N-dealkylation sites (tertiary alicyclic amines) is 1. The second-order valence-electron chi connectivity index (χ2n) is 21.8. The van der Waals surface area contributed by atoms with Crippen LogP contribution in [0.25, 0.3) is 27.0 Å². The van der Waals surface area contributed by atoms with E-state index in [1.807, 2.05) is 72.0 Å². The molecule has 2 N–H and O–H groups in total. The number of nitrogens with one attached hydrogen (secondary N) is 1. The summed E-state index contributed by atoms with van der Waals surface area (Å²) in [7, 11) is 0. The zero-order chi connectivity index (χ0) is 49.4. The van der Waals surface area contributed by atoms with Crippen LogP contribution in [0.4, 0.5) is 5.69 Å². The Labute approximate surface area is 419 Å². The Morgan fingerprint density at radius 3 is 2.39 bits per heavy atom. The fraction of sp³-hybridized carbons (Fsp3) is 0.500. The van der Waals surface area contributed by atoms with Gasteiger partial charge in [-0.15, -0.1) is 16.4 Å². The van der Waals surface area contributed by atoms with E-state index in [1.54, 1.807) is 27.0 Å². The van der Waals surface area contributed by atoms with E-state index in [9.17, 15) is 19.5 Å². The molecule has 3 fully saturated rings. The van der Waals surface area contributed by atoms with E-state index in [0.717, 1.165) is 113 Å². The molecule has 10 rings (SSSR count). The fourth-order valence-corrected chi connectivity index (χ4v) is 12.9. The van der Waals surface area contributed by atoms with Crippen LogP contribution < -0.4 is 15.8 Å². The van der Waals surface area contributed by atoms with Gasteiger partial charge >= 0.3 is 0 Å². The van der Waals surface area contributed by atoms with Gasteiger partial charge in [-0.2, -0.15) is 4.98 Å². The van der Waals surface area contributed by atoms with Gasteiger partial charge in [-0.05, 0) is 113 Å². The number of aliphatic hydroxyl groups is 1. The van der Waals surface area contributed by atoms with Crippen molar-refractivity contribution in [1.29, 1.82) is 0 Å². The molecule has 6 heterocycles. The Morgan fingerprint density at radius 2 is 1.70 bits per heavy atom. The zero-order valence-electron chi connectivity index (χ0n) is 41.6. The van der Waals surface area contributed by atoms with Crippen molar-refractivity contribution in [1.82, 2.24) is 44.6 Å². The zero-order valence-corrected chi connectivity index (χ0v) is 43.1. The van der Waals surface area contributed by atoms with E-state index >= 15 is 0 Å². The smallest absolute Gasteiger partial charge is 0.282 e. The van der Waals surface area contributed by atoms with Crippen LogP contribution >= 0.6 is 22.9 Å². The first-order valence-corrected chi connectivity index (χ1v) is 26.1. The van der Waals surface area contributed by atoms with Crippen LogP contribution in [0, 0.1) is 25.2 Å². The van der Waals surface area contributed by atoms with Gasteiger partial charge in [0.15, 0.2) is 0 Å². The van der Waals surface area contributed by atoms with Crippen molar-refractivity contribution in [3.63, 3.8) is 0 Å². The van der Waals surface area contributed by atoms with E-state index in [1.165, 1.54) is 5.69 Å². The van der Waals surface area contributed by atoms with Crippen LogP contribution in [0.3, 0.4) is 0 Å². The molecular formula is C54H65ClN10O4S. The average molecular weight is 986 g/mol. The van der Waals surface area contributed by atoms with Gasteiger partial charge in [0.25, 0.3) is 5.56 Å². The summed E-state index contributed by atoms with van der Waals surface area (Å²) < 4.78 is 3.83. The molecule has 4 aliphatic rings. The topological polar surface area (TPSA) is 155 Å². The summed E-state index contributed by atoms with van der Waals surface area (Å²) in [5.41, 5.74) is 6.85. The minimum Gasteiger partial charge on any atom is -0.391 e. The van der Waals surface area contributed by atoms with Gasteiger partial charge in [0.1, 0.15) is 17.9 Å². The molecule has 16 heteroatoms. The first-order chi connectivity index (χ1) is 33.3. The van der Waals surface area contributed by atoms with E-state index in [4.69, 9.17) is 11.6 Å². The second-order valence-corrected chi connectivity index (χ2v) is 23.4. The van der Waals surface area contributed by atoms with Crippen LogP contribution in [0.5, 0.6) is 0 Å². The Hall–Kier alpha value is -5.48. The van der Waals surface area contributed by atoms with Gasteiger partial charge in [0.2, 0.25) is 11.8 Å². The number of halogens is 1. The summed E-state index contributed by atoms with van der Waals surface area (Å²) in [6, 6.07) is 18.6. The maximum absolute atomic E-state index is 14.6. The predicted molar refractivity (Wildman–Crippen MR) is 276 cm³/mol.